The number of benzene rings is 1. The van der Waals surface area contributed by atoms with Gasteiger partial charge in [-0.3, -0.25) is 0 Å². The highest BCUT2D eigenvalue weighted by molar-refractivity contribution is 6.29. The molecule has 1 aromatic carbocycles. The average Bonchev–Trinajstić information content (AvgIpc) is 2.82. The van der Waals surface area contributed by atoms with Crippen LogP contribution in [0.15, 0.2) is 42.7 Å². The number of methoxy groups -OCH3 is 1. The van der Waals surface area contributed by atoms with Gasteiger partial charge in [-0.15, -0.1) is 0 Å². The lowest BCUT2D eigenvalue weighted by Gasteiger charge is -2.02. The monoisotopic (exact) mass is 259 g/mol. The summed E-state index contributed by atoms with van der Waals surface area (Å²) in [6.45, 7) is 0. The molecule has 2 aromatic heterocycles. The number of nitrogens with zero attached hydrogens (tertiary/aromatic N) is 3. The minimum atomic E-state index is 0.456. The van der Waals surface area contributed by atoms with Crippen molar-refractivity contribution in [2.45, 2.75) is 0 Å². The number of aromatic nitrogens is 3. The Labute approximate surface area is 109 Å². The molecule has 18 heavy (non-hydrogen) atoms. The van der Waals surface area contributed by atoms with E-state index in [1.54, 1.807) is 30.1 Å². The SMILES string of the molecule is COc1ccc(-c2cnn3ccc(Cl)nc23)cc1. The Morgan fingerprint density at radius 1 is 1.17 bits per heavy atom. The standard InChI is InChI=1S/C13H10ClN3O/c1-18-10-4-2-9(3-5-10)11-8-15-17-7-6-12(14)16-13(11)17/h2-8H,1H3. The van der Waals surface area contributed by atoms with Crippen LogP contribution in [0, 0.1) is 0 Å². The molecule has 2 heterocycles. The molecule has 0 amide bonds. The minimum Gasteiger partial charge on any atom is -0.497 e. The van der Waals surface area contributed by atoms with Gasteiger partial charge in [0.15, 0.2) is 5.65 Å². The number of ether oxygens (including phenoxy) is 1. The largest absolute Gasteiger partial charge is 0.497 e. The maximum Gasteiger partial charge on any atom is 0.164 e. The molecule has 0 unspecified atom stereocenters. The van der Waals surface area contributed by atoms with Crippen molar-refractivity contribution < 1.29 is 4.74 Å². The zero-order valence-electron chi connectivity index (χ0n) is 9.67. The third-order valence-electron chi connectivity index (χ3n) is 2.74. The fourth-order valence-corrected chi connectivity index (χ4v) is 1.96. The molecule has 5 heteroatoms. The normalized spacial score (nSPS) is 10.8. The first-order valence-corrected chi connectivity index (χ1v) is 5.80. The summed E-state index contributed by atoms with van der Waals surface area (Å²) in [5.41, 5.74) is 2.72. The van der Waals surface area contributed by atoms with Crippen molar-refractivity contribution in [1.29, 1.82) is 0 Å². The van der Waals surface area contributed by atoms with Crippen LogP contribution < -0.4 is 4.74 Å². The molecule has 90 valence electrons. The van der Waals surface area contributed by atoms with Crippen molar-refractivity contribution >= 4 is 17.2 Å². The minimum absolute atomic E-state index is 0.456. The molecule has 4 nitrogen and oxygen atoms in total. The van der Waals surface area contributed by atoms with Gasteiger partial charge in [-0.1, -0.05) is 23.7 Å². The van der Waals surface area contributed by atoms with E-state index in [0.717, 1.165) is 22.5 Å². The molecule has 0 aliphatic heterocycles. The highest BCUT2D eigenvalue weighted by Crippen LogP contribution is 2.25. The summed E-state index contributed by atoms with van der Waals surface area (Å²) < 4.78 is 6.84. The van der Waals surface area contributed by atoms with Crippen molar-refractivity contribution in [3.63, 3.8) is 0 Å². The molecule has 0 atom stereocenters. The molecule has 0 saturated heterocycles. The Balaban J connectivity index is 2.15. The average molecular weight is 260 g/mol. The third kappa shape index (κ3) is 1.80. The number of fused-ring (bicyclic) bond motifs is 1. The molecule has 0 bridgehead atoms. The molecule has 0 saturated carbocycles. The zero-order chi connectivity index (χ0) is 12.5. The van der Waals surface area contributed by atoms with Crippen molar-refractivity contribution in [3.05, 3.63) is 47.9 Å². The van der Waals surface area contributed by atoms with Crippen LogP contribution in [0.3, 0.4) is 0 Å². The molecule has 0 N–H and O–H groups in total. The first-order valence-electron chi connectivity index (χ1n) is 5.42. The van der Waals surface area contributed by atoms with Gasteiger partial charge in [-0.25, -0.2) is 9.50 Å². The lowest BCUT2D eigenvalue weighted by molar-refractivity contribution is 0.415. The van der Waals surface area contributed by atoms with E-state index in [0.29, 0.717) is 5.15 Å². The van der Waals surface area contributed by atoms with E-state index in [4.69, 9.17) is 16.3 Å². The van der Waals surface area contributed by atoms with Gasteiger partial charge in [0.1, 0.15) is 10.9 Å². The first kappa shape index (κ1) is 11.0. The maximum absolute atomic E-state index is 5.91. The first-order chi connectivity index (χ1) is 8.78. The number of rotatable bonds is 2. The fraction of sp³-hybridized carbons (Fsp3) is 0.0769. The molecule has 0 spiro atoms. The number of hydrogen-bond donors (Lipinski definition) is 0. The Morgan fingerprint density at radius 2 is 1.94 bits per heavy atom. The predicted molar refractivity (Wildman–Crippen MR) is 70.0 cm³/mol. The molecule has 0 aliphatic carbocycles. The third-order valence-corrected chi connectivity index (χ3v) is 2.95. The van der Waals surface area contributed by atoms with E-state index in [1.165, 1.54) is 0 Å². The molecule has 0 aliphatic rings. The van der Waals surface area contributed by atoms with Gasteiger partial charge < -0.3 is 4.74 Å². The van der Waals surface area contributed by atoms with Gasteiger partial charge >= 0.3 is 0 Å². The summed E-state index contributed by atoms with van der Waals surface area (Å²) in [7, 11) is 1.64. The van der Waals surface area contributed by atoms with Crippen LogP contribution in [0.25, 0.3) is 16.8 Å². The van der Waals surface area contributed by atoms with Crippen LogP contribution in [0.2, 0.25) is 5.15 Å². The van der Waals surface area contributed by atoms with Gasteiger partial charge in [-0.05, 0) is 23.8 Å². The van der Waals surface area contributed by atoms with Crippen LogP contribution in [-0.4, -0.2) is 21.7 Å². The van der Waals surface area contributed by atoms with Crippen molar-refractivity contribution in [1.82, 2.24) is 14.6 Å². The van der Waals surface area contributed by atoms with Crippen LogP contribution in [0.4, 0.5) is 0 Å². The Bertz CT molecular complexity index is 691. The van der Waals surface area contributed by atoms with Crippen molar-refractivity contribution in [2.75, 3.05) is 7.11 Å². The Hall–Kier alpha value is -2.07. The summed E-state index contributed by atoms with van der Waals surface area (Å²) in [5.74, 6) is 0.821. The molecular formula is C13H10ClN3O. The molecule has 3 rings (SSSR count). The maximum atomic E-state index is 5.91. The Morgan fingerprint density at radius 3 is 2.67 bits per heavy atom. The smallest absolute Gasteiger partial charge is 0.164 e. The molecular weight excluding hydrogens is 250 g/mol. The lowest BCUT2D eigenvalue weighted by atomic mass is 10.1. The summed E-state index contributed by atoms with van der Waals surface area (Å²) in [5, 5.41) is 4.70. The van der Waals surface area contributed by atoms with Crippen molar-refractivity contribution in [3.8, 4) is 16.9 Å². The van der Waals surface area contributed by atoms with E-state index < -0.39 is 0 Å². The molecule has 0 radical (unpaired) electrons. The van der Waals surface area contributed by atoms with E-state index in [2.05, 4.69) is 10.1 Å². The highest BCUT2D eigenvalue weighted by atomic mass is 35.5. The van der Waals surface area contributed by atoms with Gasteiger partial charge in [0.05, 0.1) is 13.3 Å². The second-order valence-corrected chi connectivity index (χ2v) is 4.19. The van der Waals surface area contributed by atoms with Crippen molar-refractivity contribution in [2.24, 2.45) is 0 Å². The van der Waals surface area contributed by atoms with E-state index >= 15 is 0 Å². The summed E-state index contributed by atoms with van der Waals surface area (Å²) in [6.07, 6.45) is 3.57. The highest BCUT2D eigenvalue weighted by Gasteiger charge is 2.08. The summed E-state index contributed by atoms with van der Waals surface area (Å²) >= 11 is 5.91. The second-order valence-electron chi connectivity index (χ2n) is 3.81. The quantitative estimate of drug-likeness (QED) is 0.664. The van der Waals surface area contributed by atoms with Crippen LogP contribution >= 0.6 is 11.6 Å². The van der Waals surface area contributed by atoms with Gasteiger partial charge in [0, 0.05) is 11.8 Å². The molecule has 3 aromatic rings. The number of halogens is 1. The topological polar surface area (TPSA) is 39.4 Å². The molecule has 0 fully saturated rings. The lowest BCUT2D eigenvalue weighted by Crippen LogP contribution is -1.89. The van der Waals surface area contributed by atoms with Gasteiger partial charge in [0.2, 0.25) is 0 Å². The summed E-state index contributed by atoms with van der Waals surface area (Å²) in [4.78, 5) is 4.29. The Kier molecular flexibility index (Phi) is 2.64. The van der Waals surface area contributed by atoms with Crippen LogP contribution in [-0.2, 0) is 0 Å². The van der Waals surface area contributed by atoms with Crippen LogP contribution in [0.5, 0.6) is 5.75 Å². The predicted octanol–water partition coefficient (Wildman–Crippen LogP) is 3.06. The van der Waals surface area contributed by atoms with Crippen LogP contribution in [0.1, 0.15) is 0 Å². The second kappa shape index (κ2) is 4.31. The fourth-order valence-electron chi connectivity index (χ4n) is 1.82. The zero-order valence-corrected chi connectivity index (χ0v) is 10.4. The van der Waals surface area contributed by atoms with Gasteiger partial charge in [0.25, 0.3) is 0 Å². The number of hydrogen-bond acceptors (Lipinski definition) is 3. The van der Waals surface area contributed by atoms with E-state index in [9.17, 15) is 0 Å². The summed E-state index contributed by atoms with van der Waals surface area (Å²) in [6, 6.07) is 9.46. The van der Waals surface area contributed by atoms with Gasteiger partial charge in [-0.2, -0.15) is 5.10 Å². The van der Waals surface area contributed by atoms with E-state index in [1.807, 2.05) is 24.3 Å². The van der Waals surface area contributed by atoms with E-state index in [-0.39, 0.29) is 0 Å².